The monoisotopic (exact) mass is 2000 g/mol. The fraction of sp³-hybridized carbons (Fsp3) is 0. The number of fused-ring (bicyclic) bond motifs is 6. The number of ether oxygens (including phenoxy) is 4. The maximum atomic E-state index is 11.3. The maximum absolute atomic E-state index is 11.3. The molecule has 0 aliphatic carbocycles. The Morgan fingerprint density at radius 3 is 0.653 bits per heavy atom. The molecule has 0 radical (unpaired) electrons. The van der Waals surface area contributed by atoms with Gasteiger partial charge in [0.2, 0.25) is 0 Å². The van der Waals surface area contributed by atoms with E-state index in [2.05, 4.69) is 117 Å². The smallest absolute Gasteiger partial charge is 0.345 e. The van der Waals surface area contributed by atoms with Gasteiger partial charge in [0, 0.05) is 86.4 Å². The fourth-order valence-corrected chi connectivity index (χ4v) is 18.3. The molecule has 30 heteroatoms. The van der Waals surface area contributed by atoms with Gasteiger partial charge in [0.05, 0.1) is 33.4 Å². The van der Waals surface area contributed by atoms with E-state index in [1.165, 1.54) is 59.9 Å². The van der Waals surface area contributed by atoms with Gasteiger partial charge in [-0.15, -0.1) is 22.7 Å². The summed E-state index contributed by atoms with van der Waals surface area (Å²) in [5.41, 5.74) is 19.0. The summed E-state index contributed by atoms with van der Waals surface area (Å²) in [5, 5.41) is 76.1. The summed E-state index contributed by atoms with van der Waals surface area (Å²) in [6.45, 7) is 1.43. The quantitative estimate of drug-likeness (QED) is 0.0195. The lowest BCUT2D eigenvalue weighted by molar-refractivity contribution is -0.121. The molecule has 0 aliphatic heterocycles. The van der Waals surface area contributed by atoms with Gasteiger partial charge in [0.15, 0.2) is 22.5 Å². The van der Waals surface area contributed by atoms with Gasteiger partial charge in [0.25, 0.3) is 25.9 Å². The van der Waals surface area contributed by atoms with Crippen LogP contribution >= 0.6 is 34.0 Å². The fourth-order valence-electron chi connectivity index (χ4n) is 15.0. The van der Waals surface area contributed by atoms with Crippen LogP contribution in [0, 0.1) is 35.5 Å². The van der Waals surface area contributed by atoms with Gasteiger partial charge in [-0.1, -0.05) is 180 Å². The summed E-state index contributed by atoms with van der Waals surface area (Å²) in [5.74, 6) is 12.5. The average Bonchev–Trinajstić information content (AvgIpc) is 1.57. The minimum absolute atomic E-state index is 0.128. The van der Waals surface area contributed by atoms with Crippen LogP contribution in [0.25, 0.3) is 131 Å². The molecular formula is C117H69N3O24S3. The highest BCUT2D eigenvalue weighted by Crippen LogP contribution is 2.48. The topological polar surface area (TPSA) is 442 Å². The Hall–Kier alpha value is -20.5. The Kier molecular flexibility index (Phi) is 30.9. The van der Waals surface area contributed by atoms with Gasteiger partial charge in [-0.2, -0.15) is 0 Å². The van der Waals surface area contributed by atoms with Gasteiger partial charge in [-0.25, -0.2) is 53.3 Å². The number of hydrogen-bond donors (Lipinski definition) is 8. The van der Waals surface area contributed by atoms with Crippen molar-refractivity contribution in [3.8, 4) is 159 Å². The lowest BCUT2D eigenvalue weighted by atomic mass is 9.91. The summed E-state index contributed by atoms with van der Waals surface area (Å²) < 4.78 is 21.7. The van der Waals surface area contributed by atoms with Crippen molar-refractivity contribution < 1.29 is 117 Å². The minimum atomic E-state index is -1.05. The molecular weight excluding hydrogens is 1930 g/mol. The Morgan fingerprint density at radius 2 is 0.401 bits per heavy atom. The highest BCUT2D eigenvalue weighted by atomic mass is 32.1. The van der Waals surface area contributed by atoms with Crippen LogP contribution in [0.2, 0.25) is 0 Å². The molecule has 8 N–H and O–H groups in total. The van der Waals surface area contributed by atoms with Crippen molar-refractivity contribution in [2.24, 2.45) is 0 Å². The number of hydrogen-bond acceptors (Lipinski definition) is 22. The van der Waals surface area contributed by atoms with Crippen LogP contribution in [0.3, 0.4) is 0 Å². The molecule has 0 unspecified atom stereocenters. The van der Waals surface area contributed by atoms with E-state index in [0.717, 1.165) is 120 Å². The van der Waals surface area contributed by atoms with E-state index in [0.29, 0.717) is 116 Å². The van der Waals surface area contributed by atoms with Gasteiger partial charge < -0.3 is 59.8 Å². The lowest BCUT2D eigenvalue weighted by Gasteiger charge is -2.13. The molecule has 0 saturated heterocycles. The molecule has 714 valence electrons. The zero-order valence-corrected chi connectivity index (χ0v) is 78.3. The Morgan fingerprint density at radius 1 is 0.204 bits per heavy atom. The van der Waals surface area contributed by atoms with Gasteiger partial charge in [-0.3, -0.25) is 19.2 Å². The molecule has 15 aromatic carbocycles. The van der Waals surface area contributed by atoms with Gasteiger partial charge in [0.1, 0.15) is 27.0 Å². The third-order valence-electron chi connectivity index (χ3n) is 22.4. The number of carbonyl (C=O) groups is 12. The molecule has 0 fully saturated rings. The van der Waals surface area contributed by atoms with Crippen molar-refractivity contribution in [1.29, 1.82) is 0 Å². The number of nitrogens with zero attached hydrogens (tertiary/aromatic N) is 3. The highest BCUT2D eigenvalue weighted by molar-refractivity contribution is 7.28. The Balaban J connectivity index is 0.000000145. The number of carbonyl (C=O) groups excluding carboxylic acids is 4. The van der Waals surface area contributed by atoms with Crippen LogP contribution in [0.5, 0.6) is 22.3 Å². The Labute approximate surface area is 845 Å². The number of carboxylic acid groups (broad SMARTS) is 8. The zero-order chi connectivity index (χ0) is 103. The van der Waals surface area contributed by atoms with Crippen LogP contribution < -0.4 is 18.9 Å². The molecule has 4 aromatic heterocycles. The first-order chi connectivity index (χ1) is 71.2. The van der Waals surface area contributed by atoms with Gasteiger partial charge >= 0.3 is 47.8 Å². The van der Waals surface area contributed by atoms with Crippen molar-refractivity contribution in [2.75, 3.05) is 0 Å². The normalized spacial score (nSPS) is 10.4. The van der Waals surface area contributed by atoms with Crippen molar-refractivity contribution in [3.05, 3.63) is 422 Å². The molecule has 4 heterocycles. The Bertz CT molecular complexity index is 8180. The molecule has 0 amide bonds. The third-order valence-corrected chi connectivity index (χ3v) is 25.8. The van der Waals surface area contributed by atoms with E-state index in [4.69, 9.17) is 39.4 Å². The summed E-state index contributed by atoms with van der Waals surface area (Å²) in [6.07, 6.45) is 0. The number of carboxylic acids is 8. The van der Waals surface area contributed by atoms with E-state index in [-0.39, 0.29) is 43.1 Å². The first kappa shape index (κ1) is 99.5. The summed E-state index contributed by atoms with van der Waals surface area (Å²) in [7, 11) is 0. The number of thiophene rings is 3. The second kappa shape index (κ2) is 45.6. The molecule has 27 nitrogen and oxygen atoms in total. The van der Waals surface area contributed by atoms with E-state index >= 15 is 0 Å². The van der Waals surface area contributed by atoms with Crippen LogP contribution in [-0.4, -0.2) is 129 Å². The third kappa shape index (κ3) is 24.7. The summed E-state index contributed by atoms with van der Waals surface area (Å²) in [6, 6.07) is 101. The first-order valence-electron chi connectivity index (χ1n) is 43.7. The molecule has 0 aliphatic rings. The van der Waals surface area contributed by atoms with E-state index in [1.54, 1.807) is 152 Å². The predicted octanol–water partition coefficient (Wildman–Crippen LogP) is 23.5. The molecule has 19 rings (SSSR count). The second-order valence-electron chi connectivity index (χ2n) is 31.7. The van der Waals surface area contributed by atoms with E-state index in [9.17, 15) is 78.0 Å². The zero-order valence-electron chi connectivity index (χ0n) is 75.9. The molecule has 19 aromatic rings. The van der Waals surface area contributed by atoms with E-state index in [1.807, 2.05) is 78.9 Å². The van der Waals surface area contributed by atoms with Crippen molar-refractivity contribution in [1.82, 2.24) is 15.0 Å². The summed E-state index contributed by atoms with van der Waals surface area (Å²) in [4.78, 5) is 146. The van der Waals surface area contributed by atoms with Gasteiger partial charge in [-0.05, 0) is 273 Å². The van der Waals surface area contributed by atoms with Crippen molar-refractivity contribution in [2.45, 2.75) is 0 Å². The number of aromatic carboxylic acids is 8. The first-order valence-corrected chi connectivity index (χ1v) is 46.2. The molecule has 0 bridgehead atoms. The average molecular weight is 2000 g/mol. The summed E-state index contributed by atoms with van der Waals surface area (Å²) >= 11 is 3.46. The lowest BCUT2D eigenvalue weighted by Crippen LogP contribution is -2.01. The minimum Gasteiger partial charge on any atom is -0.478 e. The maximum Gasteiger partial charge on any atom is 0.345 e. The van der Waals surface area contributed by atoms with Crippen LogP contribution in [-0.2, 0) is 19.2 Å². The number of benzene rings is 15. The standard InChI is InChI=1S/C45H30O6.C33H18O6.C24H15N3O6.C15H6O6S3/c46-28-51-43-23-21-34(22-24-43)31-5-11-37(12-6-31)42-26-40(35-7-1-29(2-8-35)32-13-17-38(18-14-32)44(47)48)25-41(27-42)36-9-3-30(4-10-36)33-15-19-39(20-16-33)45(49)50;34-22-39-31-17-11-25(12-18-31)3-6-28-20-26(4-1-23-7-13-29(14-8-23)32(35)36)19-27(21-28)5-2-24-9-15-30(16-10-24)33(37)38;28-13-33-19-11-9-16(10-12-19)22-26-20(14-1-5-17(6-2-14)23(29)30)25-21(27-22)15-3-7-18(8-4-15)24(31)32;16-4-21-10-3-7-12-5(1-8(23-12)14(17)18)11-6(13(7)24-10)2-9(22-11)15(19)20/h1-28H,(H,47,48)(H,49,50);7-22H,(H,35,36)(H,37,38);1-13H,(H,29,30)(H,31,32);1-4H,(H,17,18)(H,19,20). The van der Waals surface area contributed by atoms with E-state index < -0.39 is 47.8 Å². The predicted molar refractivity (Wildman–Crippen MR) is 554 cm³/mol. The number of aromatic nitrogens is 3. The molecule has 0 saturated carbocycles. The van der Waals surface area contributed by atoms with Crippen LogP contribution in [0.4, 0.5) is 0 Å². The van der Waals surface area contributed by atoms with Crippen molar-refractivity contribution >= 4 is 138 Å². The SMILES string of the molecule is O=COc1cc2c(s1)c1cc(C(=O)O)sc1c1cc(C(=O)O)sc21.O=COc1ccc(-c2ccc(-c3cc(-c4ccc(-c5ccc(C(=O)O)cc5)cc4)cc(-c4ccc(-c5ccc(C(=O)O)cc5)cc4)c3)cc2)cc1.O=COc1ccc(-c2nc(-c3ccc(C(=O)O)cc3)nc(-c3ccc(C(=O)O)cc3)n2)cc1.O=COc1ccc(C#Cc2cc(C#Cc3ccc(C(=O)O)cc3)cc(C#Cc3ccc(C(=O)O)cc3)c2)cc1. The van der Waals surface area contributed by atoms with Crippen LogP contribution in [0.1, 0.15) is 115 Å². The number of rotatable bonds is 25. The van der Waals surface area contributed by atoms with Crippen molar-refractivity contribution in [3.63, 3.8) is 0 Å². The second-order valence-corrected chi connectivity index (χ2v) is 34.9. The molecule has 0 atom stereocenters. The largest absolute Gasteiger partial charge is 0.478 e. The highest BCUT2D eigenvalue weighted by Gasteiger charge is 2.24. The molecule has 0 spiro atoms. The van der Waals surface area contributed by atoms with Crippen LogP contribution in [0.15, 0.2) is 346 Å². The molecule has 147 heavy (non-hydrogen) atoms.